The van der Waals surface area contributed by atoms with Crippen molar-refractivity contribution < 1.29 is 19.0 Å². The number of rotatable bonds is 11. The fourth-order valence-electron chi connectivity index (χ4n) is 9.72. The molecule has 3 aromatic carbocycles. The Labute approximate surface area is 350 Å². The zero-order valence-corrected chi connectivity index (χ0v) is 35.7. The second kappa shape index (κ2) is 19.8. The molecule has 1 saturated heterocycles. The average Bonchev–Trinajstić information content (AvgIpc) is 3.39. The van der Waals surface area contributed by atoms with Gasteiger partial charge in [-0.15, -0.1) is 0 Å². The maximum atomic E-state index is 14.0. The van der Waals surface area contributed by atoms with Crippen LogP contribution in [-0.4, -0.2) is 87.4 Å². The molecule has 6 unspecified atom stereocenters. The molecule has 1 amide bonds. The summed E-state index contributed by atoms with van der Waals surface area (Å²) in [7, 11) is 1.92. The molecule has 3 heterocycles. The number of anilines is 1. The van der Waals surface area contributed by atoms with Crippen LogP contribution in [0.3, 0.4) is 0 Å². The van der Waals surface area contributed by atoms with Crippen molar-refractivity contribution in [3.05, 3.63) is 106 Å². The molecule has 0 radical (unpaired) electrons. The minimum Gasteiger partial charge on any atom is -0.491 e. The van der Waals surface area contributed by atoms with Gasteiger partial charge in [-0.1, -0.05) is 80.4 Å². The number of carbonyl (C=O) groups is 1. The number of halogens is 1. The lowest BCUT2D eigenvalue weighted by Gasteiger charge is -2.50. The molecule has 2 fully saturated rings. The smallest absolute Gasteiger partial charge is 0.261 e. The van der Waals surface area contributed by atoms with Gasteiger partial charge in [0.2, 0.25) is 0 Å². The first kappa shape index (κ1) is 42.1. The van der Waals surface area contributed by atoms with Crippen molar-refractivity contribution in [2.75, 3.05) is 64.6 Å². The topological polar surface area (TPSA) is 89.3 Å². The van der Waals surface area contributed by atoms with E-state index >= 15 is 0 Å². The van der Waals surface area contributed by atoms with E-state index in [-0.39, 0.29) is 17.1 Å². The minimum absolute atomic E-state index is 0.0744. The molecule has 0 aromatic heterocycles. The monoisotopic (exact) mass is 814 g/mol. The van der Waals surface area contributed by atoms with Gasteiger partial charge >= 0.3 is 0 Å². The number of methoxy groups -OCH3 is 1. The summed E-state index contributed by atoms with van der Waals surface area (Å²) >= 11 is 8.10. The van der Waals surface area contributed by atoms with Crippen LogP contribution in [0.4, 0.5) is 5.69 Å². The number of hydrogen-bond acceptors (Lipinski definition) is 8. The molecule has 1 saturated carbocycles. The predicted octanol–water partition coefficient (Wildman–Crippen LogP) is 8.71. The molecule has 1 aliphatic carbocycles. The number of fused-ring (bicyclic) bond motifs is 2. The molecule has 308 valence electrons. The lowest BCUT2D eigenvalue weighted by atomic mass is 9.62. The molecular formula is C47H63ClN4O4S. The third-order valence-electron chi connectivity index (χ3n) is 13.1. The fraction of sp³-hybridized carbons (Fsp3) is 0.553. The molecule has 10 heteroatoms. The van der Waals surface area contributed by atoms with Gasteiger partial charge in [0.05, 0.1) is 31.1 Å². The van der Waals surface area contributed by atoms with Crippen LogP contribution in [0.25, 0.3) is 0 Å². The van der Waals surface area contributed by atoms with Crippen LogP contribution in [0.2, 0.25) is 5.02 Å². The molecular weight excluding hydrogens is 752 g/mol. The quantitative estimate of drug-likeness (QED) is 0.147. The van der Waals surface area contributed by atoms with E-state index in [1.807, 2.05) is 25.3 Å². The number of morpholine rings is 1. The largest absolute Gasteiger partial charge is 0.491 e. The van der Waals surface area contributed by atoms with Crippen LogP contribution in [0.5, 0.6) is 5.75 Å². The zero-order valence-electron chi connectivity index (χ0n) is 34.2. The Morgan fingerprint density at radius 3 is 2.70 bits per heavy atom. The highest BCUT2D eigenvalue weighted by atomic mass is 35.5. The van der Waals surface area contributed by atoms with Gasteiger partial charge in [-0.2, -0.15) is 0 Å². The van der Waals surface area contributed by atoms with Gasteiger partial charge < -0.3 is 24.8 Å². The second-order valence-corrected chi connectivity index (χ2v) is 18.3. The van der Waals surface area contributed by atoms with Crippen molar-refractivity contribution in [1.29, 1.82) is 0 Å². The van der Waals surface area contributed by atoms with Crippen molar-refractivity contribution in [2.45, 2.75) is 88.0 Å². The molecule has 8 nitrogen and oxygen atoms in total. The van der Waals surface area contributed by atoms with Crippen molar-refractivity contribution >= 4 is 35.1 Å². The van der Waals surface area contributed by atoms with E-state index in [9.17, 15) is 4.79 Å². The SMILES string of the molecule is CCCc1cc(Cl)ccc1C1COc2ccc3cc2N(C1)CC1CCC1[C@@](CCC1COCCN1CCN)(OC)/C=C/CC(C)C(Cc1ccccc1)SNC3=O. The highest BCUT2D eigenvalue weighted by Gasteiger charge is 2.48. The first-order valence-electron chi connectivity index (χ1n) is 21.4. The third kappa shape index (κ3) is 10.0. The summed E-state index contributed by atoms with van der Waals surface area (Å²) in [5.74, 6) is 1.93. The van der Waals surface area contributed by atoms with Crippen molar-refractivity contribution in [2.24, 2.45) is 23.5 Å². The fourth-order valence-corrected chi connectivity index (χ4v) is 10.9. The van der Waals surface area contributed by atoms with E-state index in [2.05, 4.69) is 89.1 Å². The number of benzene rings is 3. The lowest BCUT2D eigenvalue weighted by Crippen LogP contribution is -2.53. The van der Waals surface area contributed by atoms with Crippen LogP contribution < -0.4 is 20.1 Å². The molecule has 7 atom stereocenters. The van der Waals surface area contributed by atoms with Gasteiger partial charge in [-0.3, -0.25) is 14.4 Å². The van der Waals surface area contributed by atoms with Crippen LogP contribution in [0, 0.1) is 17.8 Å². The lowest BCUT2D eigenvalue weighted by molar-refractivity contribution is -0.0891. The average molecular weight is 816 g/mol. The van der Waals surface area contributed by atoms with E-state index in [1.165, 1.54) is 16.7 Å². The van der Waals surface area contributed by atoms with Gasteiger partial charge in [-0.05, 0) is 122 Å². The van der Waals surface area contributed by atoms with E-state index in [1.54, 1.807) is 11.9 Å². The zero-order chi connectivity index (χ0) is 39.8. The summed E-state index contributed by atoms with van der Waals surface area (Å²) in [4.78, 5) is 19.0. The Balaban J connectivity index is 1.25. The number of aryl methyl sites for hydroxylation is 1. The summed E-state index contributed by atoms with van der Waals surface area (Å²) in [6, 6.07) is 23.3. The van der Waals surface area contributed by atoms with Crippen molar-refractivity contribution in [3.8, 4) is 5.75 Å². The number of nitrogens with zero attached hydrogens (tertiary/aromatic N) is 2. The Morgan fingerprint density at radius 2 is 1.93 bits per heavy atom. The Hall–Kier alpha value is -3.05. The number of nitrogens with two attached hydrogens (primary N) is 1. The van der Waals surface area contributed by atoms with Crippen LogP contribution in [-0.2, 0) is 22.3 Å². The maximum absolute atomic E-state index is 14.0. The summed E-state index contributed by atoms with van der Waals surface area (Å²) in [5.41, 5.74) is 11.1. The van der Waals surface area contributed by atoms with Gasteiger partial charge in [0, 0.05) is 67.6 Å². The highest BCUT2D eigenvalue weighted by molar-refractivity contribution is 7.98. The van der Waals surface area contributed by atoms with Gasteiger partial charge in [0.25, 0.3) is 5.91 Å². The summed E-state index contributed by atoms with van der Waals surface area (Å²) in [6.45, 7) is 10.7. The molecule has 2 bridgehead atoms. The Morgan fingerprint density at radius 1 is 1.07 bits per heavy atom. The van der Waals surface area contributed by atoms with Crippen molar-refractivity contribution in [1.82, 2.24) is 9.62 Å². The second-order valence-electron chi connectivity index (χ2n) is 16.8. The first-order valence-corrected chi connectivity index (χ1v) is 22.6. The molecule has 0 spiro atoms. The Kier molecular flexibility index (Phi) is 14.6. The predicted molar refractivity (Wildman–Crippen MR) is 235 cm³/mol. The first-order chi connectivity index (χ1) is 27.8. The number of hydrogen-bond donors (Lipinski definition) is 2. The van der Waals surface area contributed by atoms with E-state index in [4.69, 9.17) is 31.5 Å². The number of amides is 1. The van der Waals surface area contributed by atoms with Crippen LogP contribution >= 0.6 is 23.5 Å². The highest BCUT2D eigenvalue weighted by Crippen LogP contribution is 2.49. The molecule has 3 N–H and O–H groups in total. The van der Waals surface area contributed by atoms with Crippen LogP contribution in [0.15, 0.2) is 78.9 Å². The normalized spacial score (nSPS) is 29.0. The van der Waals surface area contributed by atoms with Crippen LogP contribution in [0.1, 0.15) is 85.3 Å². The Bertz CT molecular complexity index is 1810. The molecule has 3 aromatic rings. The number of ether oxygens (including phenoxy) is 3. The van der Waals surface area contributed by atoms with E-state index in [0.29, 0.717) is 42.5 Å². The summed E-state index contributed by atoms with van der Waals surface area (Å²) in [5, 5.41) is 0.941. The van der Waals surface area contributed by atoms with Gasteiger partial charge in [0.15, 0.2) is 0 Å². The van der Waals surface area contributed by atoms with Gasteiger partial charge in [-0.25, -0.2) is 0 Å². The number of allylic oxidation sites excluding steroid dienone is 1. The number of nitrogens with one attached hydrogen (secondary N) is 1. The molecule has 7 rings (SSSR count). The van der Waals surface area contributed by atoms with Gasteiger partial charge in [0.1, 0.15) is 5.75 Å². The third-order valence-corrected chi connectivity index (χ3v) is 14.6. The van der Waals surface area contributed by atoms with E-state index < -0.39 is 5.60 Å². The molecule has 57 heavy (non-hydrogen) atoms. The summed E-state index contributed by atoms with van der Waals surface area (Å²) < 4.78 is 22.8. The number of carbonyl (C=O) groups excluding carboxylic acids is 1. The molecule has 4 aliphatic rings. The summed E-state index contributed by atoms with van der Waals surface area (Å²) in [6.07, 6.45) is 12.7. The van der Waals surface area contributed by atoms with Crippen molar-refractivity contribution in [3.63, 3.8) is 0 Å². The maximum Gasteiger partial charge on any atom is 0.261 e. The standard InChI is InChI=1S/C47H63ClN4O4S/c1-4-9-35-27-39(48)15-16-41(35)38-30-52-29-37-13-17-42(37)47(54-3,21-19-40-32-55-25-24-51(40)23-22-49)20-8-10-33(2)45(26-34-11-6-5-7-12-34)57-50-46(53)36-14-18-44(56-31-38)43(52)28-36/h5-8,11-12,14-16,18,20,27-28,33,37-38,40,42,45H,4,9-10,13,17,19,21-26,29-32,49H2,1-3H3,(H,50,53)/b20-8+/t33?,37?,38?,40?,42?,45?,47-/m1/s1. The van der Waals surface area contributed by atoms with E-state index in [0.717, 1.165) is 107 Å². The minimum atomic E-state index is -0.418. The molecule has 3 aliphatic heterocycles.